The summed E-state index contributed by atoms with van der Waals surface area (Å²) in [5.74, 6) is -1.08. The Hall–Kier alpha value is -3.36. The first-order valence-electron chi connectivity index (χ1n) is 10.2. The lowest BCUT2D eigenvalue weighted by Gasteiger charge is -2.09. The molecule has 168 valence electrons. The van der Waals surface area contributed by atoms with Crippen LogP contribution in [0.2, 0.25) is 5.02 Å². The summed E-state index contributed by atoms with van der Waals surface area (Å²) in [5, 5.41) is 6.94. The van der Waals surface area contributed by atoms with Gasteiger partial charge in [-0.05, 0) is 31.2 Å². The molecule has 2 aromatic heterocycles. The molecule has 7 nitrogen and oxygen atoms in total. The molecule has 0 saturated heterocycles. The molecule has 0 unspecified atom stereocenters. The smallest absolute Gasteiger partial charge is 0.293 e. The van der Waals surface area contributed by atoms with Gasteiger partial charge in [-0.15, -0.1) is 0 Å². The Morgan fingerprint density at radius 1 is 1.03 bits per heavy atom. The van der Waals surface area contributed by atoms with E-state index >= 15 is 0 Å². The first kappa shape index (κ1) is 22.8. The van der Waals surface area contributed by atoms with E-state index in [9.17, 15) is 9.59 Å². The van der Waals surface area contributed by atoms with Gasteiger partial charge in [0.1, 0.15) is 11.3 Å². The molecule has 4 rings (SSSR count). The maximum absolute atomic E-state index is 13.1. The van der Waals surface area contributed by atoms with Crippen LogP contribution in [-0.2, 0) is 0 Å². The summed E-state index contributed by atoms with van der Waals surface area (Å²) in [4.78, 5) is 34.6. The number of amides is 2. The van der Waals surface area contributed by atoms with Crippen molar-refractivity contribution in [1.82, 2.24) is 9.97 Å². The van der Waals surface area contributed by atoms with Gasteiger partial charge in [-0.25, -0.2) is 9.97 Å². The number of anilines is 2. The zero-order valence-electron chi connectivity index (χ0n) is 18.2. The van der Waals surface area contributed by atoms with Crippen LogP contribution in [0.5, 0.6) is 0 Å². The fraction of sp³-hybridized carbons (Fsp3) is 0.167. The Kier molecular flexibility index (Phi) is 6.67. The van der Waals surface area contributed by atoms with Gasteiger partial charge in [0.05, 0.1) is 11.2 Å². The van der Waals surface area contributed by atoms with Gasteiger partial charge >= 0.3 is 0 Å². The van der Waals surface area contributed by atoms with Gasteiger partial charge < -0.3 is 15.1 Å². The predicted molar refractivity (Wildman–Crippen MR) is 131 cm³/mol. The average molecular weight is 481 g/mol. The number of rotatable bonds is 6. The Morgan fingerprint density at radius 3 is 2.48 bits per heavy atom. The van der Waals surface area contributed by atoms with Crippen molar-refractivity contribution in [3.63, 3.8) is 0 Å². The van der Waals surface area contributed by atoms with E-state index in [1.807, 2.05) is 32.9 Å². The minimum Gasteiger partial charge on any atom is -0.449 e. The summed E-state index contributed by atoms with van der Waals surface area (Å²) in [5.41, 5.74) is 2.41. The monoisotopic (exact) mass is 480 g/mol. The molecule has 4 aromatic rings. The number of halogens is 1. The Balaban J connectivity index is 1.68. The highest BCUT2D eigenvalue weighted by Gasteiger charge is 2.24. The second-order valence-electron chi connectivity index (χ2n) is 7.59. The first-order chi connectivity index (χ1) is 15.8. The fourth-order valence-corrected chi connectivity index (χ4v) is 3.96. The van der Waals surface area contributed by atoms with E-state index in [0.29, 0.717) is 21.8 Å². The normalized spacial score (nSPS) is 11.1. The number of carbonyl (C=O) groups is 2. The summed E-state index contributed by atoms with van der Waals surface area (Å²) < 4.78 is 5.80. The summed E-state index contributed by atoms with van der Waals surface area (Å²) in [6.45, 7) is 5.96. The number of aryl methyl sites for hydroxylation is 1. The third kappa shape index (κ3) is 5.18. The molecule has 0 bridgehead atoms. The topological polar surface area (TPSA) is 97.1 Å². The highest BCUT2D eigenvalue weighted by atomic mass is 35.5. The Labute approximate surface area is 199 Å². The third-order valence-corrected chi connectivity index (χ3v) is 5.78. The molecule has 2 aromatic carbocycles. The highest BCUT2D eigenvalue weighted by molar-refractivity contribution is 7.99. The maximum atomic E-state index is 13.1. The van der Waals surface area contributed by atoms with Crippen molar-refractivity contribution >= 4 is 57.5 Å². The number of aromatic nitrogens is 2. The van der Waals surface area contributed by atoms with Crippen molar-refractivity contribution in [2.24, 2.45) is 0 Å². The number of nitrogens with zero attached hydrogens (tertiary/aromatic N) is 2. The minimum absolute atomic E-state index is 0.0185. The van der Waals surface area contributed by atoms with Crippen LogP contribution >= 0.6 is 23.4 Å². The molecule has 0 radical (unpaired) electrons. The van der Waals surface area contributed by atoms with Gasteiger partial charge in [-0.3, -0.25) is 9.59 Å². The number of fused-ring (bicyclic) bond motifs is 1. The zero-order valence-corrected chi connectivity index (χ0v) is 19.8. The van der Waals surface area contributed by atoms with Crippen molar-refractivity contribution in [3.05, 3.63) is 76.8 Å². The lowest BCUT2D eigenvalue weighted by molar-refractivity contribution is 0.0999. The summed E-state index contributed by atoms with van der Waals surface area (Å²) in [6, 6.07) is 14.4. The first-order valence-corrected chi connectivity index (χ1v) is 11.5. The van der Waals surface area contributed by atoms with Crippen molar-refractivity contribution in [2.45, 2.75) is 31.2 Å². The Morgan fingerprint density at radius 2 is 1.76 bits per heavy atom. The number of hydrogen-bond acceptors (Lipinski definition) is 6. The van der Waals surface area contributed by atoms with Crippen molar-refractivity contribution in [1.29, 1.82) is 0 Å². The van der Waals surface area contributed by atoms with Crippen molar-refractivity contribution < 1.29 is 14.0 Å². The molecule has 9 heteroatoms. The number of nitrogens with one attached hydrogen (secondary N) is 2. The predicted octanol–water partition coefficient (Wildman–Crippen LogP) is 6.19. The van der Waals surface area contributed by atoms with Crippen LogP contribution in [0.25, 0.3) is 11.0 Å². The number of thioether (sulfide) groups is 1. The van der Waals surface area contributed by atoms with E-state index in [-0.39, 0.29) is 27.4 Å². The van der Waals surface area contributed by atoms with Crippen LogP contribution in [0, 0.1) is 6.92 Å². The molecule has 0 atom stereocenters. The number of carbonyl (C=O) groups excluding carboxylic acids is 2. The number of hydrogen-bond donors (Lipinski definition) is 2. The van der Waals surface area contributed by atoms with Gasteiger partial charge in [0, 0.05) is 16.3 Å². The van der Waals surface area contributed by atoms with E-state index in [1.165, 1.54) is 18.0 Å². The zero-order chi connectivity index (χ0) is 23.5. The molecule has 0 fully saturated rings. The molecule has 0 aliphatic rings. The van der Waals surface area contributed by atoms with Crippen LogP contribution in [0.4, 0.5) is 11.4 Å². The molecule has 33 heavy (non-hydrogen) atoms. The van der Waals surface area contributed by atoms with Gasteiger partial charge in [-0.1, -0.05) is 67.0 Å². The van der Waals surface area contributed by atoms with Crippen LogP contribution in [0.15, 0.2) is 64.3 Å². The summed E-state index contributed by atoms with van der Waals surface area (Å²) in [7, 11) is 0. The van der Waals surface area contributed by atoms with E-state index in [2.05, 4.69) is 20.6 Å². The number of para-hydroxylation sites is 1. The van der Waals surface area contributed by atoms with Crippen molar-refractivity contribution in [2.75, 3.05) is 10.6 Å². The quantitative estimate of drug-likeness (QED) is 0.252. The molecule has 0 aliphatic carbocycles. The minimum atomic E-state index is -0.566. The molecular formula is C24H21ClN4O3S. The molecule has 0 spiro atoms. The van der Waals surface area contributed by atoms with Crippen molar-refractivity contribution in [3.8, 4) is 0 Å². The van der Waals surface area contributed by atoms with Gasteiger partial charge in [0.2, 0.25) is 5.76 Å². The van der Waals surface area contributed by atoms with Gasteiger partial charge in [0.15, 0.2) is 10.9 Å². The van der Waals surface area contributed by atoms with Gasteiger partial charge in [-0.2, -0.15) is 0 Å². The van der Waals surface area contributed by atoms with E-state index in [1.54, 1.807) is 36.4 Å². The Bertz CT molecular complexity index is 1340. The van der Waals surface area contributed by atoms with E-state index < -0.39 is 11.8 Å². The van der Waals surface area contributed by atoms with E-state index in [4.69, 9.17) is 16.0 Å². The van der Waals surface area contributed by atoms with Gasteiger partial charge in [0.25, 0.3) is 11.8 Å². The molecule has 0 saturated carbocycles. The van der Waals surface area contributed by atoms with Crippen LogP contribution < -0.4 is 10.6 Å². The van der Waals surface area contributed by atoms with Crippen LogP contribution in [0.3, 0.4) is 0 Å². The molecule has 2 amide bonds. The summed E-state index contributed by atoms with van der Waals surface area (Å²) >= 11 is 7.63. The highest BCUT2D eigenvalue weighted by Crippen LogP contribution is 2.32. The summed E-state index contributed by atoms with van der Waals surface area (Å²) in [6.07, 6.45) is 1.40. The largest absolute Gasteiger partial charge is 0.449 e. The average Bonchev–Trinajstić information content (AvgIpc) is 3.15. The second kappa shape index (κ2) is 9.64. The number of furan rings is 1. The van der Waals surface area contributed by atoms with Crippen LogP contribution in [-0.4, -0.2) is 27.0 Å². The standard InChI is InChI=1S/C24H21ClN4O3S/c1-13(2)33-24-26-12-17(25)20(29-24)22(30)28-19-16-6-4-5-7-18(16)32-21(19)23(31)27-15-10-8-14(3)9-11-15/h4-13H,1-3H3,(H,27,31)(H,28,30). The lowest BCUT2D eigenvalue weighted by Crippen LogP contribution is -2.19. The maximum Gasteiger partial charge on any atom is 0.293 e. The lowest BCUT2D eigenvalue weighted by atomic mass is 10.2. The molecule has 2 heterocycles. The number of benzene rings is 2. The molecule has 0 aliphatic heterocycles. The van der Waals surface area contributed by atoms with E-state index in [0.717, 1.165) is 5.56 Å². The molecular weight excluding hydrogens is 460 g/mol. The molecule has 2 N–H and O–H groups in total. The second-order valence-corrected chi connectivity index (χ2v) is 9.54. The SMILES string of the molecule is Cc1ccc(NC(=O)c2oc3ccccc3c2NC(=O)c2nc(SC(C)C)ncc2Cl)cc1. The third-order valence-electron chi connectivity index (χ3n) is 4.63. The van der Waals surface area contributed by atoms with Crippen LogP contribution in [0.1, 0.15) is 40.5 Å². The fourth-order valence-electron chi connectivity index (χ4n) is 3.10.